The molecular formula is C17H17N. The lowest BCUT2D eigenvalue weighted by atomic mass is 10.0. The van der Waals surface area contributed by atoms with Gasteiger partial charge in [-0.05, 0) is 35.8 Å². The molecule has 2 aromatic carbocycles. The van der Waals surface area contributed by atoms with E-state index >= 15 is 0 Å². The molecule has 2 aromatic rings. The van der Waals surface area contributed by atoms with Crippen LogP contribution in [0, 0.1) is 0 Å². The molecule has 1 aliphatic rings. The number of fused-ring (bicyclic) bond motifs is 2. The lowest BCUT2D eigenvalue weighted by Gasteiger charge is -2.22. The van der Waals surface area contributed by atoms with Gasteiger partial charge in [0.2, 0.25) is 0 Å². The van der Waals surface area contributed by atoms with Gasteiger partial charge in [0, 0.05) is 24.0 Å². The monoisotopic (exact) mass is 235 g/mol. The first-order valence-corrected chi connectivity index (χ1v) is 6.44. The van der Waals surface area contributed by atoms with Gasteiger partial charge in [-0.3, -0.25) is 0 Å². The fourth-order valence-corrected chi connectivity index (χ4v) is 2.64. The quantitative estimate of drug-likeness (QED) is 0.691. The van der Waals surface area contributed by atoms with Crippen molar-refractivity contribution in [3.8, 4) is 0 Å². The fraction of sp³-hybridized carbons (Fsp3) is 0.176. The van der Waals surface area contributed by atoms with Crippen LogP contribution in [0.3, 0.4) is 0 Å². The molecule has 1 heteroatoms. The Morgan fingerprint density at radius 3 is 2.33 bits per heavy atom. The molecule has 0 amide bonds. The average molecular weight is 235 g/mol. The number of benzene rings is 2. The van der Waals surface area contributed by atoms with E-state index in [9.17, 15) is 0 Å². The predicted molar refractivity (Wildman–Crippen MR) is 79.1 cm³/mol. The van der Waals surface area contributed by atoms with E-state index in [0.717, 1.165) is 6.42 Å². The Kier molecular flexibility index (Phi) is 2.67. The van der Waals surface area contributed by atoms with Crippen molar-refractivity contribution in [1.82, 2.24) is 0 Å². The van der Waals surface area contributed by atoms with Crippen molar-refractivity contribution >= 4 is 23.0 Å². The van der Waals surface area contributed by atoms with E-state index in [1.807, 2.05) is 0 Å². The number of hydrogen-bond acceptors (Lipinski definition) is 1. The molecule has 0 fully saturated rings. The standard InChI is InChI=1S/C17H17N/c1-3-13-12-14-8-4-6-10-16(14)18(2)17-11-7-5-9-15(13)17/h4-12H,3H2,1-2H3. The van der Waals surface area contributed by atoms with Crippen LogP contribution in [-0.2, 0) is 0 Å². The highest BCUT2D eigenvalue weighted by Crippen LogP contribution is 2.39. The van der Waals surface area contributed by atoms with Gasteiger partial charge in [0.25, 0.3) is 0 Å². The predicted octanol–water partition coefficient (Wildman–Crippen LogP) is 4.72. The number of allylic oxidation sites excluding steroid dienone is 1. The maximum absolute atomic E-state index is 2.32. The molecule has 3 rings (SSSR count). The molecule has 1 heterocycles. The van der Waals surface area contributed by atoms with Crippen molar-refractivity contribution in [3.63, 3.8) is 0 Å². The van der Waals surface area contributed by atoms with E-state index in [0.29, 0.717) is 0 Å². The topological polar surface area (TPSA) is 3.24 Å². The minimum Gasteiger partial charge on any atom is -0.344 e. The Balaban J connectivity index is 2.31. The van der Waals surface area contributed by atoms with Gasteiger partial charge in [0.15, 0.2) is 0 Å². The summed E-state index contributed by atoms with van der Waals surface area (Å²) in [7, 11) is 2.14. The third-order valence-electron chi connectivity index (χ3n) is 3.62. The van der Waals surface area contributed by atoms with Crippen LogP contribution in [0.2, 0.25) is 0 Å². The SMILES string of the molecule is CCC1=Cc2ccccc2N(C)c2ccccc21. The molecule has 0 spiro atoms. The van der Waals surface area contributed by atoms with E-state index in [1.165, 1.54) is 28.1 Å². The van der Waals surface area contributed by atoms with Crippen LogP contribution >= 0.6 is 0 Å². The van der Waals surface area contributed by atoms with Crippen LogP contribution in [0.1, 0.15) is 24.5 Å². The van der Waals surface area contributed by atoms with Crippen LogP contribution in [0.25, 0.3) is 11.6 Å². The Morgan fingerprint density at radius 2 is 1.56 bits per heavy atom. The summed E-state index contributed by atoms with van der Waals surface area (Å²) >= 11 is 0. The molecule has 0 aromatic heterocycles. The van der Waals surface area contributed by atoms with Crippen LogP contribution in [0.5, 0.6) is 0 Å². The van der Waals surface area contributed by atoms with Gasteiger partial charge < -0.3 is 4.90 Å². The van der Waals surface area contributed by atoms with Gasteiger partial charge in [0.1, 0.15) is 0 Å². The zero-order chi connectivity index (χ0) is 12.5. The van der Waals surface area contributed by atoms with Gasteiger partial charge in [-0.1, -0.05) is 43.3 Å². The van der Waals surface area contributed by atoms with Crippen LogP contribution < -0.4 is 4.90 Å². The summed E-state index contributed by atoms with van der Waals surface area (Å²) in [6.45, 7) is 2.22. The van der Waals surface area contributed by atoms with Crippen molar-refractivity contribution in [2.45, 2.75) is 13.3 Å². The van der Waals surface area contributed by atoms with Crippen molar-refractivity contribution in [2.24, 2.45) is 0 Å². The van der Waals surface area contributed by atoms with Crippen LogP contribution in [0.4, 0.5) is 11.4 Å². The van der Waals surface area contributed by atoms with E-state index in [1.54, 1.807) is 0 Å². The van der Waals surface area contributed by atoms with Crippen molar-refractivity contribution in [2.75, 3.05) is 11.9 Å². The molecule has 0 saturated heterocycles. The Bertz CT molecular complexity index is 611. The Morgan fingerprint density at radius 1 is 0.889 bits per heavy atom. The number of hydrogen-bond donors (Lipinski definition) is 0. The number of para-hydroxylation sites is 2. The zero-order valence-corrected chi connectivity index (χ0v) is 10.9. The molecular weight excluding hydrogens is 218 g/mol. The van der Waals surface area contributed by atoms with Crippen molar-refractivity contribution in [3.05, 3.63) is 59.7 Å². The van der Waals surface area contributed by atoms with E-state index in [4.69, 9.17) is 0 Å². The number of nitrogens with zero attached hydrogens (tertiary/aromatic N) is 1. The van der Waals surface area contributed by atoms with Crippen LogP contribution in [0.15, 0.2) is 48.5 Å². The first-order valence-electron chi connectivity index (χ1n) is 6.44. The molecule has 0 N–H and O–H groups in total. The van der Waals surface area contributed by atoms with Gasteiger partial charge >= 0.3 is 0 Å². The summed E-state index contributed by atoms with van der Waals surface area (Å²) in [5, 5.41) is 0. The molecule has 1 nitrogen and oxygen atoms in total. The average Bonchev–Trinajstić information content (AvgIpc) is 2.55. The Hall–Kier alpha value is -2.02. The van der Waals surface area contributed by atoms with Gasteiger partial charge in [-0.15, -0.1) is 0 Å². The third kappa shape index (κ3) is 1.63. The maximum Gasteiger partial charge on any atom is 0.0484 e. The van der Waals surface area contributed by atoms with E-state index < -0.39 is 0 Å². The highest BCUT2D eigenvalue weighted by atomic mass is 15.1. The van der Waals surface area contributed by atoms with Gasteiger partial charge in [-0.25, -0.2) is 0 Å². The third-order valence-corrected chi connectivity index (χ3v) is 3.62. The van der Waals surface area contributed by atoms with Gasteiger partial charge in [0.05, 0.1) is 0 Å². The summed E-state index contributed by atoms with van der Waals surface area (Å²) in [5.74, 6) is 0. The summed E-state index contributed by atoms with van der Waals surface area (Å²) in [5.41, 5.74) is 6.61. The van der Waals surface area contributed by atoms with Gasteiger partial charge in [-0.2, -0.15) is 0 Å². The lowest BCUT2D eigenvalue weighted by Crippen LogP contribution is -2.11. The van der Waals surface area contributed by atoms with E-state index in [2.05, 4.69) is 73.5 Å². The maximum atomic E-state index is 2.32. The summed E-state index contributed by atoms with van der Waals surface area (Å²) < 4.78 is 0. The number of anilines is 2. The number of rotatable bonds is 1. The first-order chi connectivity index (χ1) is 8.81. The largest absolute Gasteiger partial charge is 0.344 e. The normalized spacial score (nSPS) is 13.4. The van der Waals surface area contributed by atoms with E-state index in [-0.39, 0.29) is 0 Å². The molecule has 0 radical (unpaired) electrons. The van der Waals surface area contributed by atoms with Crippen molar-refractivity contribution < 1.29 is 0 Å². The molecule has 0 atom stereocenters. The molecule has 0 aliphatic carbocycles. The molecule has 18 heavy (non-hydrogen) atoms. The van der Waals surface area contributed by atoms with Crippen LogP contribution in [-0.4, -0.2) is 7.05 Å². The molecule has 90 valence electrons. The summed E-state index contributed by atoms with van der Waals surface area (Å²) in [4.78, 5) is 2.28. The minimum absolute atomic E-state index is 1.05. The molecule has 0 unspecified atom stereocenters. The second-order valence-corrected chi connectivity index (χ2v) is 4.66. The molecule has 0 bridgehead atoms. The Labute approximate surface area is 108 Å². The highest BCUT2D eigenvalue weighted by Gasteiger charge is 2.17. The second kappa shape index (κ2) is 4.34. The smallest absolute Gasteiger partial charge is 0.0484 e. The highest BCUT2D eigenvalue weighted by molar-refractivity contribution is 5.94. The zero-order valence-electron chi connectivity index (χ0n) is 10.9. The van der Waals surface area contributed by atoms with Crippen molar-refractivity contribution in [1.29, 1.82) is 0 Å². The summed E-state index contributed by atoms with van der Waals surface area (Å²) in [6.07, 6.45) is 3.37. The molecule has 0 saturated carbocycles. The minimum atomic E-state index is 1.05. The molecule has 1 aliphatic heterocycles. The lowest BCUT2D eigenvalue weighted by molar-refractivity contribution is 1.19. The summed E-state index contributed by atoms with van der Waals surface area (Å²) in [6, 6.07) is 17.2. The first kappa shape index (κ1) is 11.1. The fourth-order valence-electron chi connectivity index (χ4n) is 2.64. The second-order valence-electron chi connectivity index (χ2n) is 4.66.